The number of aromatic nitrogens is 3. The Morgan fingerprint density at radius 3 is 2.90 bits per heavy atom. The van der Waals surface area contributed by atoms with Crippen molar-refractivity contribution >= 4 is 33.8 Å². The molecule has 1 aliphatic heterocycles. The topological polar surface area (TPSA) is 50.5 Å². The average molecular weight is 405 g/mol. The number of likely N-dealkylation sites (tertiary alicyclic amines) is 1. The SMILES string of the molecule is Cc1nc2c3ccccc3nn2c(C)c1CCC(=O)N1CCCC1c1cccs1. The third kappa shape index (κ3) is 3.12. The summed E-state index contributed by atoms with van der Waals surface area (Å²) in [6, 6.07) is 12.6. The molecule has 4 aromatic rings. The van der Waals surface area contributed by atoms with Gasteiger partial charge >= 0.3 is 0 Å². The molecule has 0 spiro atoms. The Kier molecular flexibility index (Phi) is 4.59. The van der Waals surface area contributed by atoms with Crippen molar-refractivity contribution in [3.63, 3.8) is 0 Å². The number of aryl methyl sites for hydroxylation is 2. The molecule has 148 valence electrons. The highest BCUT2D eigenvalue weighted by Crippen LogP contribution is 2.35. The van der Waals surface area contributed by atoms with Crippen molar-refractivity contribution in [1.29, 1.82) is 0 Å². The molecule has 1 atom stereocenters. The third-order valence-electron chi connectivity index (χ3n) is 6.05. The third-order valence-corrected chi connectivity index (χ3v) is 7.03. The highest BCUT2D eigenvalue weighted by Gasteiger charge is 2.30. The number of hydrogen-bond donors (Lipinski definition) is 0. The van der Waals surface area contributed by atoms with E-state index in [0.29, 0.717) is 12.8 Å². The number of carbonyl (C=O) groups excluding carboxylic acids is 1. The van der Waals surface area contributed by atoms with E-state index in [0.717, 1.165) is 52.9 Å². The largest absolute Gasteiger partial charge is 0.335 e. The highest BCUT2D eigenvalue weighted by molar-refractivity contribution is 7.10. The Morgan fingerprint density at radius 2 is 2.07 bits per heavy atom. The lowest BCUT2D eigenvalue weighted by Gasteiger charge is -2.24. The van der Waals surface area contributed by atoms with E-state index < -0.39 is 0 Å². The Labute approximate surface area is 174 Å². The van der Waals surface area contributed by atoms with Gasteiger partial charge in [-0.3, -0.25) is 4.79 Å². The molecule has 5 rings (SSSR count). The number of amides is 1. The predicted molar refractivity (Wildman–Crippen MR) is 116 cm³/mol. The first-order chi connectivity index (χ1) is 14.1. The summed E-state index contributed by atoms with van der Waals surface area (Å²) in [5, 5.41) is 7.89. The van der Waals surface area contributed by atoms with Crippen LogP contribution < -0.4 is 0 Å². The number of benzene rings is 1. The van der Waals surface area contributed by atoms with Gasteiger partial charge in [0.1, 0.15) is 0 Å². The summed E-state index contributed by atoms with van der Waals surface area (Å²) >= 11 is 1.75. The summed E-state index contributed by atoms with van der Waals surface area (Å²) in [6.45, 7) is 4.98. The molecule has 0 bridgehead atoms. The van der Waals surface area contributed by atoms with E-state index in [1.165, 1.54) is 4.88 Å². The van der Waals surface area contributed by atoms with E-state index >= 15 is 0 Å². The lowest BCUT2D eigenvalue weighted by Crippen LogP contribution is -2.30. The maximum atomic E-state index is 13.0. The van der Waals surface area contributed by atoms with Gasteiger partial charge in [0, 0.05) is 34.6 Å². The van der Waals surface area contributed by atoms with Crippen LogP contribution >= 0.6 is 11.3 Å². The molecule has 1 fully saturated rings. The van der Waals surface area contributed by atoms with Crippen LogP contribution in [-0.4, -0.2) is 31.9 Å². The first-order valence-electron chi connectivity index (χ1n) is 10.2. The Hall–Kier alpha value is -2.73. The van der Waals surface area contributed by atoms with Gasteiger partial charge < -0.3 is 4.90 Å². The first kappa shape index (κ1) is 18.3. The van der Waals surface area contributed by atoms with Crippen LogP contribution in [-0.2, 0) is 11.2 Å². The van der Waals surface area contributed by atoms with Crippen molar-refractivity contribution in [1.82, 2.24) is 19.5 Å². The Balaban J connectivity index is 1.40. The van der Waals surface area contributed by atoms with E-state index in [-0.39, 0.29) is 11.9 Å². The minimum atomic E-state index is 0.241. The van der Waals surface area contributed by atoms with Crippen molar-refractivity contribution in [2.45, 2.75) is 45.6 Å². The van der Waals surface area contributed by atoms with Crippen molar-refractivity contribution in [3.05, 3.63) is 63.6 Å². The molecule has 4 heterocycles. The van der Waals surface area contributed by atoms with Gasteiger partial charge in [-0.25, -0.2) is 9.50 Å². The predicted octanol–water partition coefficient (Wildman–Crippen LogP) is 4.86. The summed E-state index contributed by atoms with van der Waals surface area (Å²) in [6.07, 6.45) is 3.36. The standard InChI is InChI=1S/C23H24N4OS/c1-15-17(16(2)27-23(24-15)18-7-3-4-8-19(18)25-27)11-12-22(28)26-13-5-9-20(26)21-10-6-14-29-21/h3-4,6-8,10,14,20H,5,9,11-13H2,1-2H3. The number of carbonyl (C=O) groups is 1. The lowest BCUT2D eigenvalue weighted by molar-refractivity contribution is -0.132. The van der Waals surface area contributed by atoms with Crippen LogP contribution in [0.1, 0.15) is 47.1 Å². The number of thiophene rings is 1. The minimum Gasteiger partial charge on any atom is -0.335 e. The fraction of sp³-hybridized carbons (Fsp3) is 0.348. The number of nitrogens with zero attached hydrogens (tertiary/aromatic N) is 4. The van der Waals surface area contributed by atoms with Gasteiger partial charge in [-0.05, 0) is 62.3 Å². The molecular weight excluding hydrogens is 380 g/mol. The van der Waals surface area contributed by atoms with Crippen LogP contribution in [0.5, 0.6) is 0 Å². The summed E-state index contributed by atoms with van der Waals surface area (Å²) in [5.74, 6) is 0.241. The van der Waals surface area contributed by atoms with E-state index in [4.69, 9.17) is 10.1 Å². The maximum Gasteiger partial charge on any atom is 0.223 e. The average Bonchev–Trinajstić information content (AvgIpc) is 3.46. The molecular formula is C23H24N4OS. The van der Waals surface area contributed by atoms with Gasteiger partial charge in [0.2, 0.25) is 5.91 Å². The summed E-state index contributed by atoms with van der Waals surface area (Å²) < 4.78 is 1.93. The van der Waals surface area contributed by atoms with Crippen LogP contribution in [0.4, 0.5) is 0 Å². The zero-order valence-electron chi connectivity index (χ0n) is 16.8. The van der Waals surface area contributed by atoms with E-state index in [2.05, 4.69) is 35.4 Å². The molecule has 5 nitrogen and oxygen atoms in total. The quantitative estimate of drug-likeness (QED) is 0.488. The van der Waals surface area contributed by atoms with Crippen LogP contribution in [0, 0.1) is 13.8 Å². The molecule has 1 unspecified atom stereocenters. The van der Waals surface area contributed by atoms with Crippen molar-refractivity contribution in [3.8, 4) is 0 Å². The van der Waals surface area contributed by atoms with Crippen molar-refractivity contribution < 1.29 is 4.79 Å². The summed E-state index contributed by atoms with van der Waals surface area (Å²) in [5.41, 5.74) is 5.04. The van der Waals surface area contributed by atoms with Gasteiger partial charge in [-0.1, -0.05) is 18.2 Å². The summed E-state index contributed by atoms with van der Waals surface area (Å²) in [7, 11) is 0. The second-order valence-electron chi connectivity index (χ2n) is 7.77. The number of fused-ring (bicyclic) bond motifs is 3. The number of hydrogen-bond acceptors (Lipinski definition) is 4. The molecule has 3 aromatic heterocycles. The smallest absolute Gasteiger partial charge is 0.223 e. The maximum absolute atomic E-state index is 13.0. The Bertz CT molecular complexity index is 1190. The normalized spacial score (nSPS) is 16.9. The molecule has 1 amide bonds. The lowest BCUT2D eigenvalue weighted by atomic mass is 10.1. The van der Waals surface area contributed by atoms with E-state index in [1.54, 1.807) is 11.3 Å². The molecule has 6 heteroatoms. The Morgan fingerprint density at radius 1 is 1.21 bits per heavy atom. The molecule has 0 radical (unpaired) electrons. The van der Waals surface area contributed by atoms with Crippen LogP contribution in [0.25, 0.3) is 16.6 Å². The van der Waals surface area contributed by atoms with Crippen molar-refractivity contribution in [2.75, 3.05) is 6.54 Å². The summed E-state index contributed by atoms with van der Waals surface area (Å²) in [4.78, 5) is 21.2. The second kappa shape index (κ2) is 7.26. The zero-order chi connectivity index (χ0) is 20.0. The monoisotopic (exact) mass is 404 g/mol. The molecule has 1 aliphatic rings. The van der Waals surface area contributed by atoms with Gasteiger partial charge in [-0.15, -0.1) is 11.3 Å². The van der Waals surface area contributed by atoms with Crippen LogP contribution in [0.2, 0.25) is 0 Å². The molecule has 1 saturated heterocycles. The van der Waals surface area contributed by atoms with Crippen LogP contribution in [0.3, 0.4) is 0 Å². The molecule has 0 N–H and O–H groups in total. The van der Waals surface area contributed by atoms with Gasteiger partial charge in [0.15, 0.2) is 5.65 Å². The van der Waals surface area contributed by atoms with Crippen LogP contribution in [0.15, 0.2) is 41.8 Å². The van der Waals surface area contributed by atoms with Gasteiger partial charge in [0.25, 0.3) is 0 Å². The molecule has 29 heavy (non-hydrogen) atoms. The van der Waals surface area contributed by atoms with Gasteiger partial charge in [0.05, 0.1) is 11.6 Å². The van der Waals surface area contributed by atoms with Gasteiger partial charge in [-0.2, -0.15) is 5.10 Å². The molecule has 0 aliphatic carbocycles. The molecule has 1 aromatic carbocycles. The van der Waals surface area contributed by atoms with E-state index in [9.17, 15) is 4.79 Å². The zero-order valence-corrected chi connectivity index (χ0v) is 17.6. The van der Waals surface area contributed by atoms with E-state index in [1.807, 2.05) is 29.6 Å². The van der Waals surface area contributed by atoms with Crippen molar-refractivity contribution in [2.24, 2.45) is 0 Å². The second-order valence-corrected chi connectivity index (χ2v) is 8.75. The first-order valence-corrected chi connectivity index (χ1v) is 11.1. The fourth-order valence-electron chi connectivity index (χ4n) is 4.56. The number of rotatable bonds is 4. The minimum absolute atomic E-state index is 0.241. The fourth-order valence-corrected chi connectivity index (χ4v) is 5.43. The highest BCUT2D eigenvalue weighted by atomic mass is 32.1. The molecule has 0 saturated carbocycles.